The molecule has 1 aliphatic heterocycles. The summed E-state index contributed by atoms with van der Waals surface area (Å²) in [5.41, 5.74) is 3.94. The number of amides is 1. The van der Waals surface area contributed by atoms with Crippen molar-refractivity contribution >= 4 is 11.7 Å². The summed E-state index contributed by atoms with van der Waals surface area (Å²) in [6, 6.07) is 17.9. The molecule has 0 radical (unpaired) electrons. The molecule has 4 rings (SSSR count). The van der Waals surface area contributed by atoms with Gasteiger partial charge in [-0.2, -0.15) is 0 Å². The monoisotopic (exact) mass is 430 g/mol. The third-order valence-corrected chi connectivity index (χ3v) is 5.93. The summed E-state index contributed by atoms with van der Waals surface area (Å²) < 4.78 is 5.23. The molecule has 0 saturated carbocycles. The fourth-order valence-electron chi connectivity index (χ4n) is 3.87. The molecule has 1 fully saturated rings. The van der Waals surface area contributed by atoms with Crippen LogP contribution in [-0.4, -0.2) is 54.1 Å². The van der Waals surface area contributed by atoms with Gasteiger partial charge in [0.25, 0.3) is 5.91 Å². The summed E-state index contributed by atoms with van der Waals surface area (Å²) in [7, 11) is 1.66. The molecule has 0 bridgehead atoms. The topological polar surface area (TPSA) is 58.6 Å². The Morgan fingerprint density at radius 2 is 1.56 bits per heavy atom. The van der Waals surface area contributed by atoms with Crippen LogP contribution in [0.3, 0.4) is 0 Å². The van der Waals surface area contributed by atoms with E-state index in [0.717, 1.165) is 41.5 Å². The predicted molar refractivity (Wildman–Crippen MR) is 127 cm³/mol. The van der Waals surface area contributed by atoms with Gasteiger partial charge in [0.15, 0.2) is 0 Å². The van der Waals surface area contributed by atoms with Crippen molar-refractivity contribution in [3.05, 3.63) is 72.1 Å². The van der Waals surface area contributed by atoms with Crippen LogP contribution in [0.1, 0.15) is 36.7 Å². The highest BCUT2D eigenvalue weighted by molar-refractivity contribution is 5.94. The van der Waals surface area contributed by atoms with Crippen LogP contribution in [0.5, 0.6) is 5.75 Å². The van der Waals surface area contributed by atoms with E-state index in [1.54, 1.807) is 13.4 Å². The van der Waals surface area contributed by atoms with Crippen molar-refractivity contribution < 1.29 is 9.53 Å². The van der Waals surface area contributed by atoms with E-state index in [1.807, 2.05) is 47.4 Å². The number of carbonyl (C=O) groups excluding carboxylic acids is 1. The van der Waals surface area contributed by atoms with Gasteiger partial charge in [-0.1, -0.05) is 32.9 Å². The number of benzene rings is 2. The lowest BCUT2D eigenvalue weighted by molar-refractivity contribution is 0.0746. The number of ether oxygens (including phenoxy) is 1. The zero-order valence-corrected chi connectivity index (χ0v) is 19.2. The maximum atomic E-state index is 13.0. The Labute approximate surface area is 189 Å². The highest BCUT2D eigenvalue weighted by atomic mass is 16.5. The molecule has 1 aromatic heterocycles. The number of hydrogen-bond acceptors (Lipinski definition) is 5. The minimum absolute atomic E-state index is 0.0788. The van der Waals surface area contributed by atoms with Gasteiger partial charge in [-0.15, -0.1) is 0 Å². The Morgan fingerprint density at radius 1 is 0.906 bits per heavy atom. The molecule has 166 valence electrons. The van der Waals surface area contributed by atoms with Gasteiger partial charge in [0.1, 0.15) is 17.9 Å². The van der Waals surface area contributed by atoms with Crippen molar-refractivity contribution in [3.8, 4) is 17.0 Å². The third kappa shape index (κ3) is 4.74. The van der Waals surface area contributed by atoms with Crippen molar-refractivity contribution in [3.63, 3.8) is 0 Å². The fraction of sp³-hybridized carbons (Fsp3) is 0.346. The van der Waals surface area contributed by atoms with Crippen LogP contribution in [0.2, 0.25) is 0 Å². The highest BCUT2D eigenvalue weighted by Gasteiger charge is 2.24. The Hall–Kier alpha value is -3.41. The SMILES string of the molecule is COc1ccc(-c2cc(N3CCN(C(=O)c4ccc(C(C)(C)C)cc4)CC3)ncn2)cc1. The average Bonchev–Trinajstić information content (AvgIpc) is 2.83. The molecular weight excluding hydrogens is 400 g/mol. The second kappa shape index (κ2) is 8.99. The molecule has 32 heavy (non-hydrogen) atoms. The second-order valence-electron chi connectivity index (χ2n) is 9.10. The van der Waals surface area contributed by atoms with Crippen LogP contribution in [-0.2, 0) is 5.41 Å². The van der Waals surface area contributed by atoms with Crippen molar-refractivity contribution in [1.29, 1.82) is 0 Å². The largest absolute Gasteiger partial charge is 0.497 e. The first-order chi connectivity index (χ1) is 15.3. The Kier molecular flexibility index (Phi) is 6.12. The van der Waals surface area contributed by atoms with Crippen LogP contribution in [0.15, 0.2) is 60.9 Å². The molecular formula is C26H30N4O2. The molecule has 0 spiro atoms. The average molecular weight is 431 g/mol. The molecule has 0 atom stereocenters. The highest BCUT2D eigenvalue weighted by Crippen LogP contribution is 2.25. The summed E-state index contributed by atoms with van der Waals surface area (Å²) in [5.74, 6) is 1.79. The standard InChI is InChI=1S/C26H30N4O2/c1-26(2,3)21-9-5-20(6-10-21)25(31)30-15-13-29(14-16-30)24-17-23(27-18-28-24)19-7-11-22(32-4)12-8-19/h5-12,17-18H,13-16H2,1-4H3. The molecule has 0 unspecified atom stereocenters. The first kappa shape index (κ1) is 21.8. The summed E-state index contributed by atoms with van der Waals surface area (Å²) in [4.78, 5) is 26.0. The van der Waals surface area contributed by atoms with E-state index in [1.165, 1.54) is 5.56 Å². The van der Waals surface area contributed by atoms with Gasteiger partial charge >= 0.3 is 0 Å². The van der Waals surface area contributed by atoms with Crippen LogP contribution in [0.4, 0.5) is 5.82 Å². The minimum Gasteiger partial charge on any atom is -0.497 e. The van der Waals surface area contributed by atoms with Gasteiger partial charge in [-0.25, -0.2) is 9.97 Å². The van der Waals surface area contributed by atoms with Gasteiger partial charge in [-0.3, -0.25) is 4.79 Å². The molecule has 6 nitrogen and oxygen atoms in total. The number of aromatic nitrogens is 2. The summed E-state index contributed by atoms with van der Waals surface area (Å²) >= 11 is 0. The second-order valence-corrected chi connectivity index (χ2v) is 9.10. The van der Waals surface area contributed by atoms with Gasteiger partial charge in [-0.05, 0) is 47.4 Å². The van der Waals surface area contributed by atoms with Gasteiger partial charge in [0, 0.05) is 43.4 Å². The molecule has 6 heteroatoms. The molecule has 1 amide bonds. The van der Waals surface area contributed by atoms with E-state index in [9.17, 15) is 4.79 Å². The zero-order valence-electron chi connectivity index (χ0n) is 19.2. The maximum absolute atomic E-state index is 13.0. The Morgan fingerprint density at radius 3 is 2.16 bits per heavy atom. The molecule has 1 saturated heterocycles. The number of carbonyl (C=O) groups is 1. The number of rotatable bonds is 4. The first-order valence-electron chi connectivity index (χ1n) is 11.0. The Balaban J connectivity index is 1.40. The van der Waals surface area contributed by atoms with E-state index in [0.29, 0.717) is 13.1 Å². The lowest BCUT2D eigenvalue weighted by Gasteiger charge is -2.35. The first-order valence-corrected chi connectivity index (χ1v) is 11.0. The summed E-state index contributed by atoms with van der Waals surface area (Å²) in [6.07, 6.45) is 1.60. The van der Waals surface area contributed by atoms with Crippen molar-refractivity contribution in [2.45, 2.75) is 26.2 Å². The van der Waals surface area contributed by atoms with E-state index < -0.39 is 0 Å². The molecule has 0 N–H and O–H groups in total. The van der Waals surface area contributed by atoms with Crippen molar-refractivity contribution in [1.82, 2.24) is 14.9 Å². The van der Waals surface area contributed by atoms with Crippen molar-refractivity contribution in [2.75, 3.05) is 38.2 Å². The maximum Gasteiger partial charge on any atom is 0.253 e. The van der Waals surface area contributed by atoms with Crippen molar-refractivity contribution in [2.24, 2.45) is 0 Å². The van der Waals surface area contributed by atoms with E-state index in [4.69, 9.17) is 4.74 Å². The number of piperazine rings is 1. The van der Waals surface area contributed by atoms with E-state index >= 15 is 0 Å². The van der Waals surface area contributed by atoms with E-state index in [2.05, 4.69) is 47.8 Å². The quantitative estimate of drug-likeness (QED) is 0.614. The van der Waals surface area contributed by atoms with E-state index in [-0.39, 0.29) is 11.3 Å². The molecule has 1 aliphatic rings. The predicted octanol–water partition coefficient (Wildman–Crippen LogP) is 4.41. The number of methoxy groups -OCH3 is 1. The lowest BCUT2D eigenvalue weighted by Crippen LogP contribution is -2.49. The lowest BCUT2D eigenvalue weighted by atomic mass is 9.86. The smallest absolute Gasteiger partial charge is 0.253 e. The summed E-state index contributed by atoms with van der Waals surface area (Å²) in [6.45, 7) is 9.35. The molecule has 3 aromatic rings. The molecule has 2 heterocycles. The molecule has 2 aromatic carbocycles. The fourth-order valence-corrected chi connectivity index (χ4v) is 3.87. The minimum atomic E-state index is 0.0788. The van der Waals surface area contributed by atoms with Crippen LogP contribution >= 0.6 is 0 Å². The third-order valence-electron chi connectivity index (χ3n) is 5.93. The van der Waals surface area contributed by atoms with Crippen LogP contribution in [0, 0.1) is 0 Å². The summed E-state index contributed by atoms with van der Waals surface area (Å²) in [5, 5.41) is 0. The normalized spacial score (nSPS) is 14.4. The number of hydrogen-bond donors (Lipinski definition) is 0. The molecule has 0 aliphatic carbocycles. The number of nitrogens with zero attached hydrogens (tertiary/aromatic N) is 4. The van der Waals surface area contributed by atoms with Crippen LogP contribution < -0.4 is 9.64 Å². The Bertz CT molecular complexity index is 1060. The van der Waals surface area contributed by atoms with Gasteiger partial charge in [0.2, 0.25) is 0 Å². The van der Waals surface area contributed by atoms with Gasteiger partial charge < -0.3 is 14.5 Å². The number of anilines is 1. The van der Waals surface area contributed by atoms with Crippen LogP contribution in [0.25, 0.3) is 11.3 Å². The zero-order chi connectivity index (χ0) is 22.7. The van der Waals surface area contributed by atoms with Gasteiger partial charge in [0.05, 0.1) is 12.8 Å².